The number of nitrogens with zero attached hydrogens (tertiary/aromatic N) is 1. The van der Waals surface area contributed by atoms with Crippen LogP contribution in [0.5, 0.6) is 0 Å². The predicted octanol–water partition coefficient (Wildman–Crippen LogP) is 0.897. The van der Waals surface area contributed by atoms with Crippen LogP contribution in [0.4, 0.5) is 4.48 Å². The highest BCUT2D eigenvalue weighted by Gasteiger charge is 1.79. The summed E-state index contributed by atoms with van der Waals surface area (Å²) in [5, 5.41) is 0. The third-order valence-corrected chi connectivity index (χ3v) is 0.421. The molecule has 42 valence electrons. The third kappa shape index (κ3) is 5.40. The molecular weight excluding hydrogens is 95.1 g/mol. The monoisotopic (exact) mass is 104 g/mol. The lowest BCUT2D eigenvalue weighted by Crippen LogP contribution is -1.98. The van der Waals surface area contributed by atoms with E-state index in [0.717, 1.165) is 6.34 Å². The normalized spacial score (nSPS) is 10.9. The minimum Gasteiger partial charge on any atom is -0.271 e. The van der Waals surface area contributed by atoms with Crippen LogP contribution in [0.25, 0.3) is 0 Å². The average molecular weight is 104 g/mol. The van der Waals surface area contributed by atoms with E-state index in [1.54, 1.807) is 0 Å². The Morgan fingerprint density at radius 1 is 1.71 bits per heavy atom. The van der Waals surface area contributed by atoms with Gasteiger partial charge < -0.3 is 0 Å². The minimum absolute atomic E-state index is 0.170. The molecule has 0 radical (unpaired) electrons. The van der Waals surface area contributed by atoms with Gasteiger partial charge >= 0.3 is 0 Å². The lowest BCUT2D eigenvalue weighted by atomic mass is 10.4. The van der Waals surface area contributed by atoms with E-state index in [4.69, 9.17) is 0 Å². The van der Waals surface area contributed by atoms with Crippen LogP contribution in [0.3, 0.4) is 0 Å². The summed E-state index contributed by atoms with van der Waals surface area (Å²) in [6, 6.07) is 0.170. The summed E-state index contributed by atoms with van der Waals surface area (Å²) in [4.78, 5) is 3.63. The standard InChI is InChI=1S/C4H9FN2/c1-4(2)6-3-7-5/h3-4H,1-2H3,(H,6,7). The zero-order valence-electron chi connectivity index (χ0n) is 4.48. The first kappa shape index (κ1) is 6.40. The van der Waals surface area contributed by atoms with Crippen LogP contribution in [-0.4, -0.2) is 12.4 Å². The van der Waals surface area contributed by atoms with Crippen molar-refractivity contribution in [3.8, 4) is 0 Å². The molecule has 0 saturated carbocycles. The summed E-state index contributed by atoms with van der Waals surface area (Å²) >= 11 is 0. The Hall–Kier alpha value is -0.600. The predicted molar refractivity (Wildman–Crippen MR) is 27.9 cm³/mol. The largest absolute Gasteiger partial charge is 0.271 e. The van der Waals surface area contributed by atoms with Crippen molar-refractivity contribution in [2.45, 2.75) is 19.9 Å². The van der Waals surface area contributed by atoms with Crippen LogP contribution >= 0.6 is 0 Å². The van der Waals surface area contributed by atoms with E-state index in [1.807, 2.05) is 13.8 Å². The van der Waals surface area contributed by atoms with Gasteiger partial charge in [0, 0.05) is 6.04 Å². The van der Waals surface area contributed by atoms with Crippen molar-refractivity contribution in [1.29, 1.82) is 0 Å². The fraction of sp³-hybridized carbons (Fsp3) is 0.750. The first-order chi connectivity index (χ1) is 3.27. The van der Waals surface area contributed by atoms with Gasteiger partial charge in [-0.15, -0.1) is 4.48 Å². The molecule has 0 bridgehead atoms. The summed E-state index contributed by atoms with van der Waals surface area (Å²) < 4.78 is 11.0. The Balaban J connectivity index is 3.08. The van der Waals surface area contributed by atoms with E-state index in [2.05, 4.69) is 4.99 Å². The molecule has 0 unspecified atom stereocenters. The summed E-state index contributed by atoms with van der Waals surface area (Å²) in [5.74, 6) is 0. The third-order valence-electron chi connectivity index (χ3n) is 0.421. The van der Waals surface area contributed by atoms with E-state index in [9.17, 15) is 4.48 Å². The smallest absolute Gasteiger partial charge is 0.112 e. The molecule has 0 aliphatic heterocycles. The van der Waals surface area contributed by atoms with E-state index in [-0.39, 0.29) is 6.04 Å². The molecule has 0 aromatic heterocycles. The second kappa shape index (κ2) is 3.59. The average Bonchev–Trinajstić information content (AvgIpc) is 1.61. The lowest BCUT2D eigenvalue weighted by molar-refractivity contribution is 0.439. The maximum absolute atomic E-state index is 11.0. The highest BCUT2D eigenvalue weighted by molar-refractivity contribution is 5.52. The molecule has 0 amide bonds. The highest BCUT2D eigenvalue weighted by atomic mass is 19.2. The molecule has 0 aliphatic rings. The molecule has 3 heteroatoms. The van der Waals surface area contributed by atoms with E-state index in [1.165, 1.54) is 5.54 Å². The first-order valence-electron chi connectivity index (χ1n) is 2.15. The van der Waals surface area contributed by atoms with Crippen LogP contribution < -0.4 is 5.54 Å². The van der Waals surface area contributed by atoms with E-state index < -0.39 is 0 Å². The quantitative estimate of drug-likeness (QED) is 0.314. The Morgan fingerprint density at radius 2 is 2.29 bits per heavy atom. The van der Waals surface area contributed by atoms with Crippen molar-refractivity contribution in [2.75, 3.05) is 0 Å². The second-order valence-corrected chi connectivity index (χ2v) is 1.48. The zero-order chi connectivity index (χ0) is 5.70. The molecule has 0 aromatic rings. The molecule has 0 saturated heterocycles. The fourth-order valence-electron chi connectivity index (χ4n) is 0.177. The number of halogens is 1. The van der Waals surface area contributed by atoms with Gasteiger partial charge in [0.05, 0.1) is 0 Å². The fourth-order valence-corrected chi connectivity index (χ4v) is 0.177. The number of nitrogens with one attached hydrogen (secondary N) is 1. The summed E-state index contributed by atoms with van der Waals surface area (Å²) in [5.41, 5.74) is 1.31. The summed E-state index contributed by atoms with van der Waals surface area (Å²) in [6.07, 6.45) is 1.03. The summed E-state index contributed by atoms with van der Waals surface area (Å²) in [7, 11) is 0. The van der Waals surface area contributed by atoms with Gasteiger partial charge in [-0.1, -0.05) is 0 Å². The second-order valence-electron chi connectivity index (χ2n) is 1.48. The Bertz CT molecular complexity index is 60.7. The Kier molecular flexibility index (Phi) is 3.28. The van der Waals surface area contributed by atoms with Crippen molar-refractivity contribution >= 4 is 6.34 Å². The molecule has 0 fully saturated rings. The van der Waals surface area contributed by atoms with Crippen LogP contribution in [0, 0.1) is 0 Å². The molecule has 0 spiro atoms. The zero-order valence-corrected chi connectivity index (χ0v) is 4.48. The molecule has 0 aliphatic carbocycles. The molecule has 2 nitrogen and oxygen atoms in total. The minimum atomic E-state index is 0.170. The van der Waals surface area contributed by atoms with Gasteiger partial charge in [-0.3, -0.25) is 4.99 Å². The number of hydrogen-bond acceptors (Lipinski definition) is 1. The van der Waals surface area contributed by atoms with Crippen LogP contribution in [0.2, 0.25) is 0 Å². The van der Waals surface area contributed by atoms with Crippen molar-refractivity contribution in [3.63, 3.8) is 0 Å². The molecule has 0 atom stereocenters. The van der Waals surface area contributed by atoms with Gasteiger partial charge in [-0.2, -0.15) is 0 Å². The van der Waals surface area contributed by atoms with E-state index in [0.29, 0.717) is 0 Å². The molecule has 1 N–H and O–H groups in total. The molecule has 0 heterocycles. The van der Waals surface area contributed by atoms with Gasteiger partial charge in [0.15, 0.2) is 0 Å². The maximum atomic E-state index is 11.0. The lowest BCUT2D eigenvalue weighted by Gasteiger charge is -1.89. The van der Waals surface area contributed by atoms with Gasteiger partial charge in [-0.05, 0) is 13.8 Å². The summed E-state index contributed by atoms with van der Waals surface area (Å²) in [6.45, 7) is 3.74. The van der Waals surface area contributed by atoms with Crippen molar-refractivity contribution in [1.82, 2.24) is 5.54 Å². The molecule has 7 heavy (non-hydrogen) atoms. The van der Waals surface area contributed by atoms with Gasteiger partial charge in [-0.25, -0.2) is 5.54 Å². The van der Waals surface area contributed by atoms with Crippen LogP contribution in [-0.2, 0) is 0 Å². The number of aliphatic imine (C=N–C) groups is 1. The van der Waals surface area contributed by atoms with E-state index >= 15 is 0 Å². The molecule has 0 rings (SSSR count). The van der Waals surface area contributed by atoms with Crippen LogP contribution in [0.15, 0.2) is 4.99 Å². The Morgan fingerprint density at radius 3 is 2.43 bits per heavy atom. The molecule has 0 aromatic carbocycles. The molecular formula is C4H9FN2. The van der Waals surface area contributed by atoms with Crippen molar-refractivity contribution in [2.24, 2.45) is 4.99 Å². The van der Waals surface area contributed by atoms with Crippen LogP contribution in [0.1, 0.15) is 13.8 Å². The van der Waals surface area contributed by atoms with Crippen molar-refractivity contribution < 1.29 is 4.48 Å². The highest BCUT2D eigenvalue weighted by Crippen LogP contribution is 1.79. The van der Waals surface area contributed by atoms with Gasteiger partial charge in [0.1, 0.15) is 6.34 Å². The number of rotatable bonds is 2. The van der Waals surface area contributed by atoms with Crippen molar-refractivity contribution in [3.05, 3.63) is 0 Å². The number of hydrogen-bond donors (Lipinski definition) is 1. The van der Waals surface area contributed by atoms with Gasteiger partial charge in [0.2, 0.25) is 0 Å². The van der Waals surface area contributed by atoms with Gasteiger partial charge in [0.25, 0.3) is 0 Å². The topological polar surface area (TPSA) is 24.4 Å². The maximum Gasteiger partial charge on any atom is 0.112 e. The first-order valence-corrected chi connectivity index (χ1v) is 2.15. The SMILES string of the molecule is CC(C)N=CNF. The Labute approximate surface area is 42.4 Å².